The van der Waals surface area contributed by atoms with Gasteiger partial charge in [0.1, 0.15) is 0 Å². The summed E-state index contributed by atoms with van der Waals surface area (Å²) in [5, 5.41) is 3.06. The minimum absolute atomic E-state index is 0.120. The third-order valence-electron chi connectivity index (χ3n) is 5.23. The Morgan fingerprint density at radius 1 is 1.00 bits per heavy atom. The molecule has 0 aromatic carbocycles. The van der Waals surface area contributed by atoms with E-state index in [0.29, 0.717) is 12.1 Å². The Labute approximate surface area is 121 Å². The smallest absolute Gasteiger partial charge is 0.237 e. The van der Waals surface area contributed by atoms with Crippen LogP contribution in [0.25, 0.3) is 0 Å². The molecule has 0 spiro atoms. The lowest BCUT2D eigenvalue weighted by Gasteiger charge is -2.35. The molecular weight excluding hydrogens is 252 g/mol. The number of amides is 1. The molecule has 114 valence electrons. The molecule has 3 N–H and O–H groups in total. The van der Waals surface area contributed by atoms with Crippen molar-refractivity contribution in [2.45, 2.75) is 56.7 Å². The predicted molar refractivity (Wildman–Crippen MR) is 79.4 cm³/mol. The summed E-state index contributed by atoms with van der Waals surface area (Å²) in [7, 11) is 0. The van der Waals surface area contributed by atoms with Crippen molar-refractivity contribution in [2.24, 2.45) is 5.73 Å². The quantitative estimate of drug-likeness (QED) is 0.756. The van der Waals surface area contributed by atoms with Gasteiger partial charge in [-0.25, -0.2) is 0 Å². The minimum Gasteiger partial charge on any atom is -0.355 e. The molecule has 3 rings (SSSR count). The van der Waals surface area contributed by atoms with Crippen LogP contribution in [0.2, 0.25) is 0 Å². The molecule has 5 heteroatoms. The average molecular weight is 280 g/mol. The van der Waals surface area contributed by atoms with Crippen molar-refractivity contribution in [1.29, 1.82) is 0 Å². The van der Waals surface area contributed by atoms with Crippen LogP contribution in [0.5, 0.6) is 0 Å². The van der Waals surface area contributed by atoms with E-state index in [-0.39, 0.29) is 11.9 Å². The topological polar surface area (TPSA) is 61.6 Å². The van der Waals surface area contributed by atoms with Gasteiger partial charge in [0.25, 0.3) is 0 Å². The van der Waals surface area contributed by atoms with Crippen LogP contribution < -0.4 is 11.1 Å². The first-order valence-electron chi connectivity index (χ1n) is 8.25. The second kappa shape index (κ2) is 6.41. The van der Waals surface area contributed by atoms with Gasteiger partial charge in [0.05, 0.1) is 6.04 Å². The third kappa shape index (κ3) is 3.15. The van der Waals surface area contributed by atoms with Crippen LogP contribution in [0.15, 0.2) is 0 Å². The van der Waals surface area contributed by atoms with Gasteiger partial charge in [-0.05, 0) is 51.6 Å². The zero-order valence-electron chi connectivity index (χ0n) is 12.4. The fourth-order valence-electron chi connectivity index (χ4n) is 3.91. The number of nitrogens with one attached hydrogen (secondary N) is 1. The highest BCUT2D eigenvalue weighted by atomic mass is 16.2. The molecular formula is C15H28N4O. The maximum Gasteiger partial charge on any atom is 0.237 e. The minimum atomic E-state index is 0.120. The molecule has 5 nitrogen and oxygen atoms in total. The monoisotopic (exact) mass is 280 g/mol. The summed E-state index contributed by atoms with van der Waals surface area (Å²) >= 11 is 0. The first-order chi connectivity index (χ1) is 9.74. The Balaban J connectivity index is 1.54. The number of carbonyl (C=O) groups excluding carboxylic acids is 1. The van der Waals surface area contributed by atoms with Gasteiger partial charge >= 0.3 is 0 Å². The van der Waals surface area contributed by atoms with Crippen molar-refractivity contribution >= 4 is 5.91 Å². The Morgan fingerprint density at radius 3 is 2.55 bits per heavy atom. The van der Waals surface area contributed by atoms with Crippen LogP contribution >= 0.6 is 0 Å². The van der Waals surface area contributed by atoms with Crippen LogP contribution in [-0.2, 0) is 4.79 Å². The van der Waals surface area contributed by atoms with E-state index in [2.05, 4.69) is 15.1 Å². The van der Waals surface area contributed by atoms with Crippen molar-refractivity contribution in [3.63, 3.8) is 0 Å². The number of rotatable bonds is 2. The SMILES string of the molecule is NC1CCN(C2CCN(C3CCCCNC3=O)C2)CC1. The molecule has 3 saturated heterocycles. The van der Waals surface area contributed by atoms with Crippen molar-refractivity contribution in [3.8, 4) is 0 Å². The van der Waals surface area contributed by atoms with Gasteiger partial charge in [-0.2, -0.15) is 0 Å². The van der Waals surface area contributed by atoms with Gasteiger partial charge in [-0.1, -0.05) is 0 Å². The molecule has 1 amide bonds. The van der Waals surface area contributed by atoms with E-state index in [1.807, 2.05) is 0 Å². The average Bonchev–Trinajstić information content (AvgIpc) is 2.83. The second-order valence-corrected chi connectivity index (χ2v) is 6.61. The lowest BCUT2D eigenvalue weighted by molar-refractivity contribution is -0.125. The maximum absolute atomic E-state index is 12.1. The number of nitrogens with zero attached hydrogens (tertiary/aromatic N) is 2. The van der Waals surface area contributed by atoms with Gasteiger partial charge in [-0.15, -0.1) is 0 Å². The highest BCUT2D eigenvalue weighted by molar-refractivity contribution is 5.82. The molecule has 3 fully saturated rings. The fourth-order valence-corrected chi connectivity index (χ4v) is 3.91. The summed E-state index contributed by atoms with van der Waals surface area (Å²) < 4.78 is 0. The van der Waals surface area contributed by atoms with E-state index in [1.165, 1.54) is 12.8 Å². The predicted octanol–water partition coefficient (Wildman–Crippen LogP) is 0.153. The lowest BCUT2D eigenvalue weighted by Crippen LogP contribution is -2.48. The van der Waals surface area contributed by atoms with Gasteiger partial charge in [0, 0.05) is 31.7 Å². The molecule has 0 saturated carbocycles. The van der Waals surface area contributed by atoms with E-state index in [1.54, 1.807) is 0 Å². The van der Waals surface area contributed by atoms with Crippen LogP contribution in [0.4, 0.5) is 0 Å². The normalized spacial score (nSPS) is 35.0. The Morgan fingerprint density at radius 2 is 1.75 bits per heavy atom. The molecule has 3 aliphatic rings. The molecule has 0 aromatic rings. The van der Waals surface area contributed by atoms with Crippen LogP contribution in [-0.4, -0.2) is 66.6 Å². The largest absolute Gasteiger partial charge is 0.355 e. The van der Waals surface area contributed by atoms with E-state index < -0.39 is 0 Å². The first-order valence-corrected chi connectivity index (χ1v) is 8.25. The fraction of sp³-hybridized carbons (Fsp3) is 0.933. The molecule has 0 radical (unpaired) electrons. The number of hydrogen-bond acceptors (Lipinski definition) is 4. The Kier molecular flexibility index (Phi) is 4.58. The number of hydrogen-bond donors (Lipinski definition) is 2. The molecule has 3 aliphatic heterocycles. The van der Waals surface area contributed by atoms with E-state index in [0.717, 1.165) is 58.4 Å². The standard InChI is InChI=1S/C15H28N4O/c16-12-4-8-18(9-5-12)13-6-10-19(11-13)14-3-1-2-7-17-15(14)20/h12-14H,1-11,16H2,(H,17,20). The van der Waals surface area contributed by atoms with Crippen LogP contribution in [0.3, 0.4) is 0 Å². The van der Waals surface area contributed by atoms with Gasteiger partial charge in [0.2, 0.25) is 5.91 Å². The molecule has 3 heterocycles. The zero-order valence-corrected chi connectivity index (χ0v) is 12.4. The number of nitrogens with two attached hydrogens (primary N) is 1. The molecule has 0 bridgehead atoms. The van der Waals surface area contributed by atoms with Gasteiger partial charge in [0.15, 0.2) is 0 Å². The summed E-state index contributed by atoms with van der Waals surface area (Å²) in [4.78, 5) is 17.2. The first kappa shape index (κ1) is 14.3. The van der Waals surface area contributed by atoms with Crippen molar-refractivity contribution in [1.82, 2.24) is 15.1 Å². The number of piperidine rings is 1. The Hall–Kier alpha value is -0.650. The molecule has 2 atom stereocenters. The van der Waals surface area contributed by atoms with Crippen molar-refractivity contribution in [3.05, 3.63) is 0 Å². The second-order valence-electron chi connectivity index (χ2n) is 6.61. The zero-order chi connectivity index (χ0) is 13.9. The van der Waals surface area contributed by atoms with E-state index in [9.17, 15) is 4.79 Å². The number of carbonyl (C=O) groups is 1. The summed E-state index contributed by atoms with van der Waals surface area (Å²) in [6.07, 6.45) is 6.79. The maximum atomic E-state index is 12.1. The van der Waals surface area contributed by atoms with Gasteiger partial charge in [-0.3, -0.25) is 14.6 Å². The van der Waals surface area contributed by atoms with Crippen LogP contribution in [0.1, 0.15) is 38.5 Å². The molecule has 0 aromatic heterocycles. The van der Waals surface area contributed by atoms with E-state index in [4.69, 9.17) is 5.73 Å². The lowest BCUT2D eigenvalue weighted by atomic mass is 10.0. The highest BCUT2D eigenvalue weighted by Crippen LogP contribution is 2.23. The molecule has 2 unspecified atom stereocenters. The Bertz CT molecular complexity index is 341. The summed E-state index contributed by atoms with van der Waals surface area (Å²) in [6, 6.07) is 1.16. The summed E-state index contributed by atoms with van der Waals surface area (Å²) in [5.41, 5.74) is 5.99. The third-order valence-corrected chi connectivity index (χ3v) is 5.23. The summed E-state index contributed by atoms with van der Waals surface area (Å²) in [5.74, 6) is 0.254. The van der Waals surface area contributed by atoms with Crippen molar-refractivity contribution in [2.75, 3.05) is 32.7 Å². The van der Waals surface area contributed by atoms with Crippen LogP contribution in [0, 0.1) is 0 Å². The number of likely N-dealkylation sites (tertiary alicyclic amines) is 2. The van der Waals surface area contributed by atoms with Gasteiger partial charge < -0.3 is 11.1 Å². The molecule has 20 heavy (non-hydrogen) atoms. The highest BCUT2D eigenvalue weighted by Gasteiger charge is 2.35. The molecule has 0 aliphatic carbocycles. The van der Waals surface area contributed by atoms with Crippen molar-refractivity contribution < 1.29 is 4.79 Å². The summed E-state index contributed by atoms with van der Waals surface area (Å²) in [6.45, 7) is 5.27. The van der Waals surface area contributed by atoms with E-state index >= 15 is 0 Å².